The van der Waals surface area contributed by atoms with E-state index in [1.54, 1.807) is 24.3 Å². The predicted molar refractivity (Wildman–Crippen MR) is 122 cm³/mol. The van der Waals surface area contributed by atoms with Crippen molar-refractivity contribution in [1.82, 2.24) is 4.90 Å². The number of aryl methyl sites for hydroxylation is 1. The number of carbonyl (C=O) groups excluding carboxylic acids is 1. The lowest BCUT2D eigenvalue weighted by Crippen LogP contribution is -2.53. The molecule has 1 saturated heterocycles. The smallest absolute Gasteiger partial charge is 0.244 e. The van der Waals surface area contributed by atoms with Crippen molar-refractivity contribution in [2.45, 2.75) is 49.1 Å². The van der Waals surface area contributed by atoms with Gasteiger partial charge in [-0.15, -0.1) is 0 Å². The van der Waals surface area contributed by atoms with E-state index in [1.807, 2.05) is 30.0 Å². The lowest BCUT2D eigenvalue weighted by atomic mass is 9.84. The van der Waals surface area contributed by atoms with Crippen LogP contribution in [0.15, 0.2) is 47.4 Å². The molecule has 2 aliphatic heterocycles. The zero-order valence-electron chi connectivity index (χ0n) is 17.5. The van der Waals surface area contributed by atoms with E-state index in [1.165, 1.54) is 5.56 Å². The lowest BCUT2D eigenvalue weighted by Gasteiger charge is -2.42. The Balaban J connectivity index is 1.43. The van der Waals surface area contributed by atoms with Crippen LogP contribution >= 0.6 is 11.6 Å². The maximum Gasteiger partial charge on any atom is 0.244 e. The number of nitrogens with zero attached hydrogens (tertiary/aromatic N) is 2. The van der Waals surface area contributed by atoms with Gasteiger partial charge in [0, 0.05) is 30.3 Å². The number of piperidine rings is 1. The molecular weight excluding hydrogens is 436 g/mol. The van der Waals surface area contributed by atoms with Gasteiger partial charge in [0.2, 0.25) is 5.91 Å². The number of fused-ring (bicyclic) bond motifs is 1. The van der Waals surface area contributed by atoms with Crippen LogP contribution < -0.4 is 4.90 Å². The highest BCUT2D eigenvalue weighted by molar-refractivity contribution is 7.79. The van der Waals surface area contributed by atoms with Gasteiger partial charge in [0.25, 0.3) is 0 Å². The van der Waals surface area contributed by atoms with Gasteiger partial charge in [-0.1, -0.05) is 23.7 Å². The van der Waals surface area contributed by atoms with Gasteiger partial charge in [-0.3, -0.25) is 4.79 Å². The lowest BCUT2D eigenvalue weighted by molar-refractivity contribution is -0.136. The third kappa shape index (κ3) is 4.51. The number of rotatable bonds is 4. The monoisotopic (exact) mass is 462 g/mol. The normalized spacial score (nSPS) is 20.1. The standard InChI is InChI=1S/C23H27ClN2O4S/c1-16(26-12-2-3-17-15-19(24)6-9-21(17)26)22(27)25-13-10-23(28,11-14-25)18-4-7-20(8-5-18)31(29)30/h4-9,15-16,28H,2-3,10-14H2,1H3,(H,29,30)/t16-/m0/s1. The molecule has 0 bridgehead atoms. The Hall–Kier alpha value is -1.93. The number of aliphatic hydroxyl groups is 1. The maximum atomic E-state index is 13.3. The summed E-state index contributed by atoms with van der Waals surface area (Å²) in [7, 11) is 0. The summed E-state index contributed by atoms with van der Waals surface area (Å²) >= 11 is 4.11. The van der Waals surface area contributed by atoms with Gasteiger partial charge >= 0.3 is 0 Å². The molecular formula is C23H27ClN2O4S. The Morgan fingerprint density at radius 1 is 1.13 bits per heavy atom. The van der Waals surface area contributed by atoms with Gasteiger partial charge < -0.3 is 19.5 Å². The van der Waals surface area contributed by atoms with Crippen LogP contribution in [0.3, 0.4) is 0 Å². The zero-order chi connectivity index (χ0) is 22.2. The summed E-state index contributed by atoms with van der Waals surface area (Å²) in [5.41, 5.74) is 1.93. The van der Waals surface area contributed by atoms with E-state index in [0.29, 0.717) is 41.4 Å². The first kappa shape index (κ1) is 22.3. The van der Waals surface area contributed by atoms with Gasteiger partial charge in [0.1, 0.15) is 6.04 Å². The van der Waals surface area contributed by atoms with E-state index < -0.39 is 16.7 Å². The number of halogens is 1. The van der Waals surface area contributed by atoms with Crippen molar-refractivity contribution < 1.29 is 18.7 Å². The van der Waals surface area contributed by atoms with Crippen LogP contribution in [0.2, 0.25) is 5.02 Å². The van der Waals surface area contributed by atoms with Crippen LogP contribution in [-0.4, -0.2) is 50.4 Å². The summed E-state index contributed by atoms with van der Waals surface area (Å²) in [5, 5.41) is 11.8. The molecule has 2 aromatic rings. The average molecular weight is 463 g/mol. The van der Waals surface area contributed by atoms with Crippen molar-refractivity contribution in [2.75, 3.05) is 24.5 Å². The molecule has 1 unspecified atom stereocenters. The van der Waals surface area contributed by atoms with Gasteiger partial charge in [-0.25, -0.2) is 4.21 Å². The van der Waals surface area contributed by atoms with Crippen molar-refractivity contribution in [3.05, 3.63) is 58.6 Å². The molecule has 2 atom stereocenters. The van der Waals surface area contributed by atoms with Crippen molar-refractivity contribution in [3.8, 4) is 0 Å². The van der Waals surface area contributed by atoms with Crippen molar-refractivity contribution in [2.24, 2.45) is 0 Å². The maximum absolute atomic E-state index is 13.3. The molecule has 0 saturated carbocycles. The summed E-state index contributed by atoms with van der Waals surface area (Å²) in [6.07, 6.45) is 2.81. The largest absolute Gasteiger partial charge is 0.385 e. The number of carbonyl (C=O) groups is 1. The van der Waals surface area contributed by atoms with Crippen molar-refractivity contribution in [1.29, 1.82) is 0 Å². The molecule has 166 valence electrons. The fraction of sp³-hybridized carbons (Fsp3) is 0.435. The summed E-state index contributed by atoms with van der Waals surface area (Å²) < 4.78 is 20.3. The second-order valence-electron chi connectivity index (χ2n) is 8.38. The molecule has 4 rings (SSSR count). The molecule has 0 aliphatic carbocycles. The van der Waals surface area contributed by atoms with E-state index >= 15 is 0 Å². The molecule has 2 N–H and O–H groups in total. The fourth-order valence-corrected chi connectivity index (χ4v) is 5.23. The number of anilines is 1. The fourth-order valence-electron chi connectivity index (χ4n) is 4.66. The summed E-state index contributed by atoms with van der Waals surface area (Å²) in [4.78, 5) is 17.6. The minimum atomic E-state index is -2.04. The molecule has 1 fully saturated rings. The van der Waals surface area contributed by atoms with Crippen LogP contribution in [0.4, 0.5) is 5.69 Å². The van der Waals surface area contributed by atoms with Gasteiger partial charge in [0.15, 0.2) is 11.1 Å². The molecule has 6 nitrogen and oxygen atoms in total. The third-order valence-electron chi connectivity index (χ3n) is 6.52. The van der Waals surface area contributed by atoms with E-state index in [9.17, 15) is 18.7 Å². The quantitative estimate of drug-likeness (QED) is 0.679. The minimum absolute atomic E-state index is 0.0656. The molecule has 2 aromatic carbocycles. The molecule has 31 heavy (non-hydrogen) atoms. The Morgan fingerprint density at radius 3 is 2.45 bits per heavy atom. The van der Waals surface area contributed by atoms with Gasteiger partial charge in [-0.2, -0.15) is 0 Å². The van der Waals surface area contributed by atoms with E-state index in [2.05, 4.69) is 4.90 Å². The first-order chi connectivity index (χ1) is 14.8. The Labute approximate surface area is 190 Å². The molecule has 0 radical (unpaired) electrons. The number of amides is 1. The predicted octanol–water partition coefficient (Wildman–Crippen LogP) is 3.57. The van der Waals surface area contributed by atoms with E-state index in [-0.39, 0.29) is 11.9 Å². The molecule has 0 spiro atoms. The van der Waals surface area contributed by atoms with Crippen molar-refractivity contribution >= 4 is 34.3 Å². The van der Waals surface area contributed by atoms with Crippen LogP contribution in [0, 0.1) is 0 Å². The Kier molecular flexibility index (Phi) is 6.40. The topological polar surface area (TPSA) is 81.1 Å². The van der Waals surface area contributed by atoms with Gasteiger partial charge in [0.05, 0.1) is 10.5 Å². The summed E-state index contributed by atoms with van der Waals surface area (Å²) in [6, 6.07) is 12.1. The third-order valence-corrected chi connectivity index (χ3v) is 7.43. The summed E-state index contributed by atoms with van der Waals surface area (Å²) in [6.45, 7) is 3.71. The number of hydrogen-bond donors (Lipinski definition) is 2. The SMILES string of the molecule is C[C@@H](C(=O)N1CCC(O)(c2ccc(S(=O)O)cc2)CC1)N1CCCc2cc(Cl)ccc21. The number of benzene rings is 2. The van der Waals surface area contributed by atoms with Crippen molar-refractivity contribution in [3.63, 3.8) is 0 Å². The van der Waals surface area contributed by atoms with E-state index in [4.69, 9.17) is 11.6 Å². The first-order valence-electron chi connectivity index (χ1n) is 10.6. The average Bonchev–Trinajstić information content (AvgIpc) is 2.78. The molecule has 1 amide bonds. The molecule has 8 heteroatoms. The Morgan fingerprint density at radius 2 is 1.81 bits per heavy atom. The first-order valence-corrected chi connectivity index (χ1v) is 12.0. The molecule has 2 aliphatic rings. The van der Waals surface area contributed by atoms with Crippen LogP contribution in [0.25, 0.3) is 0 Å². The minimum Gasteiger partial charge on any atom is -0.385 e. The molecule has 0 aromatic heterocycles. The zero-order valence-corrected chi connectivity index (χ0v) is 19.0. The van der Waals surface area contributed by atoms with Crippen LogP contribution in [0.5, 0.6) is 0 Å². The second kappa shape index (κ2) is 8.90. The van der Waals surface area contributed by atoms with Gasteiger partial charge in [-0.05, 0) is 74.1 Å². The molecule has 2 heterocycles. The number of hydrogen-bond acceptors (Lipinski definition) is 4. The van der Waals surface area contributed by atoms with E-state index in [0.717, 1.165) is 25.1 Å². The summed E-state index contributed by atoms with van der Waals surface area (Å²) in [5.74, 6) is 0.0656. The highest BCUT2D eigenvalue weighted by Gasteiger charge is 2.37. The highest BCUT2D eigenvalue weighted by atomic mass is 35.5. The Bertz CT molecular complexity index is 990. The second-order valence-corrected chi connectivity index (χ2v) is 9.78. The number of likely N-dealkylation sites (tertiary alicyclic amines) is 1. The van der Waals surface area contributed by atoms with Crippen LogP contribution in [0.1, 0.15) is 37.3 Å². The van der Waals surface area contributed by atoms with Crippen LogP contribution in [-0.2, 0) is 27.9 Å². The highest BCUT2D eigenvalue weighted by Crippen LogP contribution is 2.35.